The van der Waals surface area contributed by atoms with Crippen molar-refractivity contribution in [1.29, 1.82) is 0 Å². The van der Waals surface area contributed by atoms with Gasteiger partial charge in [-0.1, -0.05) is 12.1 Å². The number of carbonyl (C=O) groups is 1. The summed E-state index contributed by atoms with van der Waals surface area (Å²) in [7, 11) is 1.58. The van der Waals surface area contributed by atoms with E-state index in [1.807, 2.05) is 24.3 Å². The molecular weight excluding hydrogens is 375 g/mol. The van der Waals surface area contributed by atoms with Crippen molar-refractivity contribution in [2.75, 3.05) is 20.2 Å². The Morgan fingerprint density at radius 2 is 2.04 bits per heavy atom. The third-order valence-electron chi connectivity index (χ3n) is 4.38. The van der Waals surface area contributed by atoms with Gasteiger partial charge in [-0.05, 0) is 23.8 Å². The zero-order valence-corrected chi connectivity index (χ0v) is 15.2. The maximum atomic E-state index is 12.8. The molecule has 0 radical (unpaired) electrons. The Morgan fingerprint density at radius 1 is 1.29 bits per heavy atom. The topological polar surface area (TPSA) is 63.7 Å². The number of urea groups is 1. The van der Waals surface area contributed by atoms with Crippen molar-refractivity contribution in [3.63, 3.8) is 0 Å². The van der Waals surface area contributed by atoms with Gasteiger partial charge in [0.15, 0.2) is 0 Å². The van der Waals surface area contributed by atoms with Crippen LogP contribution < -0.4 is 14.8 Å². The molecule has 1 aromatic carbocycles. The number of rotatable bonds is 5. The lowest BCUT2D eigenvalue weighted by atomic mass is 10.2. The molecular formula is C19H20F3N3O3. The van der Waals surface area contributed by atoms with Crippen LogP contribution in [-0.2, 0) is 12.7 Å². The lowest BCUT2D eigenvalue weighted by Crippen LogP contribution is -2.39. The van der Waals surface area contributed by atoms with E-state index in [1.165, 1.54) is 0 Å². The van der Waals surface area contributed by atoms with E-state index in [0.717, 1.165) is 29.6 Å². The number of carbonyl (C=O) groups excluding carboxylic acids is 1. The van der Waals surface area contributed by atoms with Crippen LogP contribution in [0.3, 0.4) is 0 Å². The standard InChI is InChI=1S/C19H20F3N3O3/c1-27-15-4-2-13(3-5-15)11-24-18(26)25-9-7-16(12-25)28-17-10-14(6-8-23-17)19(20,21)22/h2-6,8,10,16H,7,9,11-12H2,1H3,(H,24,26)/t16-/m0/s1. The third kappa shape index (κ3) is 5.05. The normalized spacial score (nSPS) is 16.7. The molecule has 1 fully saturated rings. The molecule has 1 aliphatic heterocycles. The summed E-state index contributed by atoms with van der Waals surface area (Å²) in [6.07, 6.45) is -3.27. The molecule has 1 aliphatic rings. The number of nitrogens with zero attached hydrogens (tertiary/aromatic N) is 2. The number of amides is 2. The Labute approximate surface area is 160 Å². The summed E-state index contributed by atoms with van der Waals surface area (Å²) in [5.74, 6) is 0.637. The van der Waals surface area contributed by atoms with E-state index in [4.69, 9.17) is 9.47 Å². The number of hydrogen-bond donors (Lipinski definition) is 1. The second kappa shape index (κ2) is 8.37. The Hall–Kier alpha value is -2.97. The van der Waals surface area contributed by atoms with Gasteiger partial charge < -0.3 is 19.7 Å². The average molecular weight is 395 g/mol. The number of methoxy groups -OCH3 is 1. The van der Waals surface area contributed by atoms with Crippen molar-refractivity contribution in [2.45, 2.75) is 25.2 Å². The fraction of sp³-hybridized carbons (Fsp3) is 0.368. The predicted octanol–water partition coefficient (Wildman–Crippen LogP) is 3.47. The molecule has 1 N–H and O–H groups in total. The molecule has 0 unspecified atom stereocenters. The zero-order valence-electron chi connectivity index (χ0n) is 15.2. The van der Waals surface area contributed by atoms with E-state index >= 15 is 0 Å². The third-order valence-corrected chi connectivity index (χ3v) is 4.38. The van der Waals surface area contributed by atoms with Gasteiger partial charge in [-0.15, -0.1) is 0 Å². The summed E-state index contributed by atoms with van der Waals surface area (Å²) in [6, 6.07) is 8.83. The van der Waals surface area contributed by atoms with Gasteiger partial charge in [-0.3, -0.25) is 0 Å². The van der Waals surface area contributed by atoms with Crippen LogP contribution in [0.5, 0.6) is 11.6 Å². The number of benzene rings is 1. The summed E-state index contributed by atoms with van der Waals surface area (Å²) in [6.45, 7) is 1.10. The first kappa shape index (κ1) is 19.8. The van der Waals surface area contributed by atoms with Crippen LogP contribution in [0.15, 0.2) is 42.6 Å². The van der Waals surface area contributed by atoms with Gasteiger partial charge in [-0.2, -0.15) is 13.2 Å². The first-order valence-electron chi connectivity index (χ1n) is 8.71. The van der Waals surface area contributed by atoms with Crippen LogP contribution in [-0.4, -0.2) is 42.2 Å². The van der Waals surface area contributed by atoms with E-state index in [2.05, 4.69) is 10.3 Å². The van der Waals surface area contributed by atoms with Crippen molar-refractivity contribution in [2.24, 2.45) is 0 Å². The molecule has 1 aromatic heterocycles. The summed E-state index contributed by atoms with van der Waals surface area (Å²) >= 11 is 0. The lowest BCUT2D eigenvalue weighted by molar-refractivity contribution is -0.137. The summed E-state index contributed by atoms with van der Waals surface area (Å²) in [4.78, 5) is 17.7. The number of pyridine rings is 1. The number of aromatic nitrogens is 1. The summed E-state index contributed by atoms with van der Waals surface area (Å²) in [5.41, 5.74) is 0.110. The van der Waals surface area contributed by atoms with Gasteiger partial charge in [0.05, 0.1) is 19.2 Å². The molecule has 0 aliphatic carbocycles. The maximum Gasteiger partial charge on any atom is 0.416 e. The molecule has 0 saturated carbocycles. The van der Waals surface area contributed by atoms with Gasteiger partial charge in [-0.25, -0.2) is 9.78 Å². The molecule has 0 spiro atoms. The minimum atomic E-state index is -4.45. The van der Waals surface area contributed by atoms with Crippen LogP contribution in [0.25, 0.3) is 0 Å². The van der Waals surface area contributed by atoms with Gasteiger partial charge in [0, 0.05) is 31.8 Å². The van der Waals surface area contributed by atoms with E-state index < -0.39 is 17.8 Å². The van der Waals surface area contributed by atoms with Crippen molar-refractivity contribution >= 4 is 6.03 Å². The highest BCUT2D eigenvalue weighted by Gasteiger charge is 2.32. The smallest absolute Gasteiger partial charge is 0.416 e. The van der Waals surface area contributed by atoms with Gasteiger partial charge in [0.1, 0.15) is 11.9 Å². The molecule has 6 nitrogen and oxygen atoms in total. The molecule has 28 heavy (non-hydrogen) atoms. The molecule has 3 rings (SSSR count). The Kier molecular flexibility index (Phi) is 5.91. The molecule has 1 saturated heterocycles. The molecule has 1 atom stereocenters. The molecule has 9 heteroatoms. The van der Waals surface area contributed by atoms with Gasteiger partial charge in [0.2, 0.25) is 5.88 Å². The highest BCUT2D eigenvalue weighted by atomic mass is 19.4. The highest BCUT2D eigenvalue weighted by molar-refractivity contribution is 5.74. The quantitative estimate of drug-likeness (QED) is 0.842. The molecule has 2 heterocycles. The minimum absolute atomic E-state index is 0.0969. The van der Waals surface area contributed by atoms with Crippen LogP contribution in [0.2, 0.25) is 0 Å². The molecule has 0 bridgehead atoms. The van der Waals surface area contributed by atoms with Crippen LogP contribution in [0.1, 0.15) is 17.5 Å². The SMILES string of the molecule is COc1ccc(CNC(=O)N2CC[C@H](Oc3cc(C(F)(F)F)ccn3)C2)cc1. The number of nitrogens with one attached hydrogen (secondary N) is 1. The number of likely N-dealkylation sites (tertiary alicyclic amines) is 1. The number of alkyl halides is 3. The molecule has 2 amide bonds. The highest BCUT2D eigenvalue weighted by Crippen LogP contribution is 2.31. The lowest BCUT2D eigenvalue weighted by Gasteiger charge is -2.18. The minimum Gasteiger partial charge on any atom is -0.497 e. The average Bonchev–Trinajstić information content (AvgIpc) is 3.14. The Morgan fingerprint density at radius 3 is 2.71 bits per heavy atom. The number of hydrogen-bond acceptors (Lipinski definition) is 4. The molecule has 150 valence electrons. The second-order valence-electron chi connectivity index (χ2n) is 6.36. The van der Waals surface area contributed by atoms with E-state index in [9.17, 15) is 18.0 Å². The fourth-order valence-electron chi connectivity index (χ4n) is 2.86. The van der Waals surface area contributed by atoms with Crippen LogP contribution in [0, 0.1) is 0 Å². The zero-order chi connectivity index (χ0) is 20.1. The van der Waals surface area contributed by atoms with Crippen molar-refractivity contribution in [3.05, 3.63) is 53.7 Å². The van der Waals surface area contributed by atoms with Crippen molar-refractivity contribution < 1.29 is 27.4 Å². The number of halogens is 3. The summed E-state index contributed by atoms with van der Waals surface area (Å²) in [5, 5.41) is 2.82. The maximum absolute atomic E-state index is 12.8. The Bertz CT molecular complexity index is 812. The predicted molar refractivity (Wildman–Crippen MR) is 95.1 cm³/mol. The number of ether oxygens (including phenoxy) is 2. The first-order chi connectivity index (χ1) is 13.3. The van der Waals surface area contributed by atoms with Crippen LogP contribution in [0.4, 0.5) is 18.0 Å². The van der Waals surface area contributed by atoms with E-state index in [0.29, 0.717) is 19.5 Å². The van der Waals surface area contributed by atoms with E-state index in [1.54, 1.807) is 12.0 Å². The largest absolute Gasteiger partial charge is 0.497 e. The Balaban J connectivity index is 1.50. The van der Waals surface area contributed by atoms with Crippen molar-refractivity contribution in [1.82, 2.24) is 15.2 Å². The van der Waals surface area contributed by atoms with Crippen LogP contribution >= 0.6 is 0 Å². The van der Waals surface area contributed by atoms with Gasteiger partial charge >= 0.3 is 12.2 Å². The van der Waals surface area contributed by atoms with E-state index in [-0.39, 0.29) is 18.5 Å². The van der Waals surface area contributed by atoms with Crippen molar-refractivity contribution in [3.8, 4) is 11.6 Å². The molecule has 2 aromatic rings. The fourth-order valence-corrected chi connectivity index (χ4v) is 2.86. The van der Waals surface area contributed by atoms with Gasteiger partial charge in [0.25, 0.3) is 0 Å². The second-order valence-corrected chi connectivity index (χ2v) is 6.36. The summed E-state index contributed by atoms with van der Waals surface area (Å²) < 4.78 is 48.9. The monoisotopic (exact) mass is 395 g/mol. The first-order valence-corrected chi connectivity index (χ1v) is 8.71.